The van der Waals surface area contributed by atoms with Gasteiger partial charge in [0.1, 0.15) is 5.82 Å². The van der Waals surface area contributed by atoms with Crippen molar-refractivity contribution in [3.05, 3.63) is 59.2 Å². The number of hydrogen-bond donors (Lipinski definition) is 1. The van der Waals surface area contributed by atoms with Gasteiger partial charge in [-0.1, -0.05) is 29.8 Å². The highest BCUT2D eigenvalue weighted by molar-refractivity contribution is 6.30. The van der Waals surface area contributed by atoms with Crippen molar-refractivity contribution in [1.82, 2.24) is 9.88 Å². The summed E-state index contributed by atoms with van der Waals surface area (Å²) >= 11 is 5.98. The minimum Gasteiger partial charge on any atom is -0.385 e. The number of benzene rings is 1. The standard InChI is InChI=1S/C21H26ClN3O/c22-18-6-4-17(5-7-18)21(26)10-8-19(9-11-21)24-13-15-25(16-14-24)20-3-1-2-12-23-20/h1-7,12,19,26H,8-11,13-16H2. The molecule has 138 valence electrons. The summed E-state index contributed by atoms with van der Waals surface area (Å²) in [6, 6.07) is 14.4. The Morgan fingerprint density at radius 2 is 1.65 bits per heavy atom. The molecule has 0 atom stereocenters. The van der Waals surface area contributed by atoms with Crippen molar-refractivity contribution in [2.45, 2.75) is 37.3 Å². The van der Waals surface area contributed by atoms with E-state index in [-0.39, 0.29) is 0 Å². The van der Waals surface area contributed by atoms with Crippen LogP contribution in [0.1, 0.15) is 31.2 Å². The molecule has 2 fully saturated rings. The Bertz CT molecular complexity index is 706. The van der Waals surface area contributed by atoms with E-state index in [2.05, 4.69) is 20.9 Å². The molecular formula is C21H26ClN3O. The number of aliphatic hydroxyl groups is 1. The lowest BCUT2D eigenvalue weighted by Crippen LogP contribution is -2.52. The number of rotatable bonds is 3. The topological polar surface area (TPSA) is 39.6 Å². The van der Waals surface area contributed by atoms with Crippen LogP contribution in [0.2, 0.25) is 5.02 Å². The van der Waals surface area contributed by atoms with E-state index in [0.29, 0.717) is 6.04 Å². The second-order valence-electron chi connectivity index (χ2n) is 7.48. The monoisotopic (exact) mass is 371 g/mol. The van der Waals surface area contributed by atoms with Crippen molar-refractivity contribution in [2.75, 3.05) is 31.1 Å². The van der Waals surface area contributed by atoms with Crippen LogP contribution in [-0.4, -0.2) is 47.2 Å². The molecule has 1 saturated heterocycles. The molecule has 1 aromatic heterocycles. The number of pyridine rings is 1. The zero-order valence-corrected chi connectivity index (χ0v) is 15.8. The highest BCUT2D eigenvalue weighted by Crippen LogP contribution is 2.39. The lowest BCUT2D eigenvalue weighted by Gasteiger charge is -2.44. The van der Waals surface area contributed by atoms with Gasteiger partial charge in [-0.25, -0.2) is 4.98 Å². The SMILES string of the molecule is OC1(c2ccc(Cl)cc2)CCC(N2CCN(c3ccccn3)CC2)CC1. The first-order valence-corrected chi connectivity index (χ1v) is 9.90. The van der Waals surface area contributed by atoms with E-state index in [0.717, 1.165) is 68.3 Å². The maximum atomic E-state index is 11.1. The summed E-state index contributed by atoms with van der Waals surface area (Å²) in [7, 11) is 0. The Balaban J connectivity index is 1.32. The van der Waals surface area contributed by atoms with E-state index in [1.807, 2.05) is 42.6 Å². The molecule has 1 aliphatic heterocycles. The summed E-state index contributed by atoms with van der Waals surface area (Å²) in [4.78, 5) is 9.43. The Kier molecular flexibility index (Phi) is 5.16. The van der Waals surface area contributed by atoms with Gasteiger partial charge in [0.25, 0.3) is 0 Å². The van der Waals surface area contributed by atoms with Gasteiger partial charge in [0, 0.05) is 43.4 Å². The highest BCUT2D eigenvalue weighted by atomic mass is 35.5. The molecule has 0 spiro atoms. The van der Waals surface area contributed by atoms with Gasteiger partial charge in [-0.15, -0.1) is 0 Å². The van der Waals surface area contributed by atoms with Gasteiger partial charge >= 0.3 is 0 Å². The largest absolute Gasteiger partial charge is 0.385 e. The Labute approximate surface area is 160 Å². The van der Waals surface area contributed by atoms with E-state index < -0.39 is 5.60 Å². The summed E-state index contributed by atoms with van der Waals surface area (Å²) in [5, 5.41) is 11.8. The van der Waals surface area contributed by atoms with Crippen LogP contribution in [0, 0.1) is 0 Å². The average molecular weight is 372 g/mol. The van der Waals surface area contributed by atoms with Gasteiger partial charge in [0.05, 0.1) is 5.60 Å². The molecular weight excluding hydrogens is 346 g/mol. The highest BCUT2D eigenvalue weighted by Gasteiger charge is 2.37. The first-order valence-electron chi connectivity index (χ1n) is 9.52. The molecule has 1 N–H and O–H groups in total. The minimum atomic E-state index is -0.698. The van der Waals surface area contributed by atoms with Crippen LogP contribution in [0.25, 0.3) is 0 Å². The molecule has 0 radical (unpaired) electrons. The summed E-state index contributed by atoms with van der Waals surface area (Å²) in [6.45, 7) is 4.19. The lowest BCUT2D eigenvalue weighted by atomic mass is 9.77. The summed E-state index contributed by atoms with van der Waals surface area (Å²) in [5.41, 5.74) is 0.303. The first-order chi connectivity index (χ1) is 12.6. The number of hydrogen-bond acceptors (Lipinski definition) is 4. The summed E-state index contributed by atoms with van der Waals surface area (Å²) in [5.74, 6) is 1.08. The fourth-order valence-corrected chi connectivity index (χ4v) is 4.48. The van der Waals surface area contributed by atoms with Gasteiger partial charge in [-0.3, -0.25) is 4.90 Å². The zero-order chi connectivity index (χ0) is 18.0. The van der Waals surface area contributed by atoms with Crippen molar-refractivity contribution >= 4 is 17.4 Å². The van der Waals surface area contributed by atoms with Crippen LogP contribution >= 0.6 is 11.6 Å². The average Bonchev–Trinajstić information content (AvgIpc) is 2.70. The van der Waals surface area contributed by atoms with Crippen LogP contribution in [0.3, 0.4) is 0 Å². The molecule has 1 saturated carbocycles. The van der Waals surface area contributed by atoms with E-state index in [1.54, 1.807) is 0 Å². The predicted octanol–water partition coefficient (Wildman–Crippen LogP) is 3.69. The van der Waals surface area contributed by atoms with E-state index in [1.165, 1.54) is 0 Å². The van der Waals surface area contributed by atoms with E-state index >= 15 is 0 Å². The van der Waals surface area contributed by atoms with Crippen LogP contribution < -0.4 is 4.90 Å². The van der Waals surface area contributed by atoms with Crippen molar-refractivity contribution in [1.29, 1.82) is 0 Å². The molecule has 26 heavy (non-hydrogen) atoms. The van der Waals surface area contributed by atoms with Gasteiger partial charge in [-0.05, 0) is 55.5 Å². The zero-order valence-electron chi connectivity index (χ0n) is 15.0. The third kappa shape index (κ3) is 3.73. The van der Waals surface area contributed by atoms with Crippen molar-refractivity contribution < 1.29 is 5.11 Å². The fourth-order valence-electron chi connectivity index (χ4n) is 4.35. The smallest absolute Gasteiger partial charge is 0.128 e. The number of nitrogens with zero attached hydrogens (tertiary/aromatic N) is 3. The molecule has 0 amide bonds. The lowest BCUT2D eigenvalue weighted by molar-refractivity contribution is -0.0257. The van der Waals surface area contributed by atoms with Crippen LogP contribution in [0.4, 0.5) is 5.82 Å². The normalized spacial score (nSPS) is 27.5. The number of halogens is 1. The third-order valence-corrected chi connectivity index (χ3v) is 6.22. The maximum Gasteiger partial charge on any atom is 0.128 e. The molecule has 2 aromatic rings. The van der Waals surface area contributed by atoms with E-state index in [9.17, 15) is 5.11 Å². The molecule has 0 unspecified atom stereocenters. The molecule has 4 nitrogen and oxygen atoms in total. The first kappa shape index (κ1) is 17.8. The summed E-state index contributed by atoms with van der Waals surface area (Å²) < 4.78 is 0. The molecule has 1 aliphatic carbocycles. The van der Waals surface area contributed by atoms with Crippen molar-refractivity contribution in [3.63, 3.8) is 0 Å². The second-order valence-corrected chi connectivity index (χ2v) is 7.92. The van der Waals surface area contributed by atoms with Crippen LogP contribution in [0.5, 0.6) is 0 Å². The Morgan fingerprint density at radius 3 is 2.27 bits per heavy atom. The fraction of sp³-hybridized carbons (Fsp3) is 0.476. The number of aromatic nitrogens is 1. The molecule has 1 aromatic carbocycles. The molecule has 5 heteroatoms. The summed E-state index contributed by atoms with van der Waals surface area (Å²) in [6.07, 6.45) is 5.59. The third-order valence-electron chi connectivity index (χ3n) is 5.97. The van der Waals surface area contributed by atoms with Crippen LogP contribution in [0.15, 0.2) is 48.7 Å². The quantitative estimate of drug-likeness (QED) is 0.893. The van der Waals surface area contributed by atoms with Crippen LogP contribution in [-0.2, 0) is 5.60 Å². The van der Waals surface area contributed by atoms with Gasteiger partial charge < -0.3 is 10.0 Å². The number of anilines is 1. The second kappa shape index (κ2) is 7.55. The molecule has 0 bridgehead atoms. The van der Waals surface area contributed by atoms with Gasteiger partial charge in [0.2, 0.25) is 0 Å². The van der Waals surface area contributed by atoms with Gasteiger partial charge in [0.15, 0.2) is 0 Å². The predicted molar refractivity (Wildman–Crippen MR) is 106 cm³/mol. The maximum absolute atomic E-state index is 11.1. The minimum absolute atomic E-state index is 0.577. The number of piperazine rings is 1. The van der Waals surface area contributed by atoms with Crippen molar-refractivity contribution in [3.8, 4) is 0 Å². The van der Waals surface area contributed by atoms with Gasteiger partial charge in [-0.2, -0.15) is 0 Å². The Hall–Kier alpha value is -1.62. The molecule has 2 heterocycles. The molecule has 2 aliphatic rings. The molecule has 4 rings (SSSR count). The van der Waals surface area contributed by atoms with Crippen molar-refractivity contribution in [2.24, 2.45) is 0 Å². The van der Waals surface area contributed by atoms with E-state index in [4.69, 9.17) is 11.6 Å². The Morgan fingerprint density at radius 1 is 0.962 bits per heavy atom.